The number of fused-ring (bicyclic) bond motifs is 3. The van der Waals surface area contributed by atoms with Crippen LogP contribution in [0.25, 0.3) is 0 Å². The summed E-state index contributed by atoms with van der Waals surface area (Å²) >= 11 is 13.8. The summed E-state index contributed by atoms with van der Waals surface area (Å²) in [6.07, 6.45) is 1.74. The van der Waals surface area contributed by atoms with Gasteiger partial charge >= 0.3 is 23.9 Å². The number of carbonyl (C=O) groups excluding carboxylic acids is 6. The Balaban J connectivity index is 1.50. The molecule has 2 spiro atoms. The van der Waals surface area contributed by atoms with Crippen LogP contribution >= 0.6 is 23.2 Å². The molecule has 4 aromatic rings. The fourth-order valence-electron chi connectivity index (χ4n) is 11.0. The lowest BCUT2D eigenvalue weighted by atomic mass is 9.51. The summed E-state index contributed by atoms with van der Waals surface area (Å²) in [6.45, 7) is 2.96. The lowest BCUT2D eigenvalue weighted by Crippen LogP contribution is -2.71. The van der Waals surface area contributed by atoms with Crippen molar-refractivity contribution in [3.05, 3.63) is 164 Å². The maximum atomic E-state index is 16.5. The average Bonchev–Trinajstić information content (AvgIpc) is 3.68. The summed E-state index contributed by atoms with van der Waals surface area (Å²) in [5.74, 6) is -8.94. The predicted molar refractivity (Wildman–Crippen MR) is 247 cm³/mol. The van der Waals surface area contributed by atoms with Gasteiger partial charge in [0.05, 0.1) is 52.1 Å². The Bertz CT molecular complexity index is 2880. The highest BCUT2D eigenvalue weighted by Crippen LogP contribution is 2.68. The van der Waals surface area contributed by atoms with Gasteiger partial charge in [0, 0.05) is 58.0 Å². The summed E-state index contributed by atoms with van der Waals surface area (Å²) in [5.41, 5.74) is -2.26. The number of allylic oxidation sites excluding steroid dienone is 1. The van der Waals surface area contributed by atoms with Crippen LogP contribution in [0, 0.1) is 11.8 Å². The van der Waals surface area contributed by atoms with Gasteiger partial charge < -0.3 is 38.5 Å². The summed E-state index contributed by atoms with van der Waals surface area (Å²) in [7, 11) is 5.66. The van der Waals surface area contributed by atoms with Gasteiger partial charge in [0.15, 0.2) is 0 Å². The molecule has 10 rings (SSSR count). The predicted octanol–water partition coefficient (Wildman–Crippen LogP) is 6.63. The van der Waals surface area contributed by atoms with Gasteiger partial charge in [-0.25, -0.2) is 9.59 Å². The van der Waals surface area contributed by atoms with E-state index in [2.05, 4.69) is 0 Å². The van der Waals surface area contributed by atoms with Crippen molar-refractivity contribution in [3.8, 4) is 0 Å². The van der Waals surface area contributed by atoms with E-state index >= 15 is 19.2 Å². The Hall–Kier alpha value is -6.90. The van der Waals surface area contributed by atoms with E-state index in [0.29, 0.717) is 22.6 Å². The first-order valence-corrected chi connectivity index (χ1v) is 22.5. The Kier molecular flexibility index (Phi) is 11.5. The summed E-state index contributed by atoms with van der Waals surface area (Å²) in [5, 5.41) is 0.411. The number of nitrogens with zero attached hydrogens (tertiary/aromatic N) is 4. The van der Waals surface area contributed by atoms with Crippen molar-refractivity contribution < 1.29 is 47.7 Å². The summed E-state index contributed by atoms with van der Waals surface area (Å²) in [6, 6.07) is 26.8. The van der Waals surface area contributed by atoms with Crippen molar-refractivity contribution in [2.45, 2.75) is 43.8 Å². The second-order valence-corrected chi connectivity index (χ2v) is 17.8. The van der Waals surface area contributed by atoms with Crippen LogP contribution in [0.2, 0.25) is 10.0 Å². The number of esters is 4. The maximum absolute atomic E-state index is 16.5. The zero-order chi connectivity index (χ0) is 47.7. The van der Waals surface area contributed by atoms with Crippen molar-refractivity contribution in [2.75, 3.05) is 51.3 Å². The zero-order valence-electron chi connectivity index (χ0n) is 37.5. The molecular formula is C51H46Cl2N4O10. The molecule has 0 aromatic heterocycles. The monoisotopic (exact) mass is 944 g/mol. The fraction of sp³-hybridized carbons (Fsp3) is 0.294. The third-order valence-electron chi connectivity index (χ3n) is 13.4. The van der Waals surface area contributed by atoms with Gasteiger partial charge in [-0.1, -0.05) is 83.9 Å². The Labute approximate surface area is 396 Å². The van der Waals surface area contributed by atoms with Crippen LogP contribution in [0.1, 0.15) is 36.1 Å². The lowest BCUT2D eigenvalue weighted by Gasteiger charge is -2.61. The number of benzene rings is 4. The van der Waals surface area contributed by atoms with Gasteiger partial charge in [-0.2, -0.15) is 0 Å². The van der Waals surface area contributed by atoms with E-state index in [1.165, 1.54) is 9.80 Å². The van der Waals surface area contributed by atoms with Crippen LogP contribution in [-0.4, -0.2) is 93.1 Å². The summed E-state index contributed by atoms with van der Waals surface area (Å²) in [4.78, 5) is 99.5. The number of carbonyl (C=O) groups is 6. The minimum Gasteiger partial charge on any atom is -0.466 e. The molecule has 5 aliphatic heterocycles. The number of hydrogen-bond acceptors (Lipinski definition) is 12. The number of halogens is 2. The first-order valence-electron chi connectivity index (χ1n) is 21.7. The van der Waals surface area contributed by atoms with Crippen LogP contribution in [-0.2, 0) is 71.6 Å². The zero-order valence-corrected chi connectivity index (χ0v) is 39.0. The molecule has 2 amide bonds. The van der Waals surface area contributed by atoms with Crippen molar-refractivity contribution in [1.82, 2.24) is 9.80 Å². The van der Waals surface area contributed by atoms with E-state index in [1.807, 2.05) is 60.7 Å². The van der Waals surface area contributed by atoms with Crippen molar-refractivity contribution >= 4 is 70.3 Å². The second-order valence-electron chi connectivity index (χ2n) is 16.9. The standard InChI is InChI=1S/C51H46Cl2N4O10/c1-7-66-45(59)40-38-36(54(3)4)25-37(50(40)32-23-30(52)19-21-34(32)55(48(50)62)26-28-15-11-9-12-16-28)57-42(47(61)65-6)39(44(58)64-5)41(46(60)67-8-2)51(43(38)57)33-24-31(53)20-22-35(33)56(49(51)63)27-29-17-13-10-14-18-29/h9-25,37,40-41H,7-8,26-27H2,1-6H3. The van der Waals surface area contributed by atoms with Crippen molar-refractivity contribution in [1.29, 1.82) is 0 Å². The van der Waals surface area contributed by atoms with Crippen molar-refractivity contribution in [2.24, 2.45) is 11.8 Å². The first kappa shape index (κ1) is 45.3. The van der Waals surface area contributed by atoms with E-state index in [1.54, 1.807) is 80.2 Å². The van der Waals surface area contributed by atoms with E-state index < -0.39 is 75.7 Å². The molecule has 5 unspecified atom stereocenters. The number of likely N-dealkylation sites (N-methyl/N-ethyl adjacent to an activating group) is 1. The second kappa shape index (κ2) is 17.1. The highest BCUT2D eigenvalue weighted by Gasteiger charge is 2.77. The Morgan fingerprint density at radius 3 is 1.70 bits per heavy atom. The minimum absolute atomic E-state index is 0.0147. The van der Waals surface area contributed by atoms with Crippen LogP contribution in [0.3, 0.4) is 0 Å². The SMILES string of the molecule is CCOC(=O)C1C(C(=O)OC)=C(C(=O)OC)N2C(=C3C(N(C)C)=CC2C2(C(=O)N(Cc4ccccc4)c4ccc(Cl)cc42)C3C(=O)OCC)C12C(=O)N(Cc1ccccc1)c1ccc(Cl)cc12. The van der Waals surface area contributed by atoms with E-state index in [4.69, 9.17) is 42.1 Å². The summed E-state index contributed by atoms with van der Waals surface area (Å²) < 4.78 is 22.8. The Morgan fingerprint density at radius 1 is 0.672 bits per heavy atom. The van der Waals surface area contributed by atoms with Crippen molar-refractivity contribution in [3.63, 3.8) is 0 Å². The molecule has 4 aromatic carbocycles. The largest absolute Gasteiger partial charge is 0.466 e. The van der Waals surface area contributed by atoms with E-state index in [-0.39, 0.29) is 53.2 Å². The molecular weight excluding hydrogens is 899 g/mol. The van der Waals surface area contributed by atoms with Gasteiger partial charge in [0.2, 0.25) is 11.8 Å². The molecule has 14 nitrogen and oxygen atoms in total. The third kappa shape index (κ3) is 6.43. The molecule has 0 saturated carbocycles. The molecule has 0 fully saturated rings. The van der Waals surface area contributed by atoms with Gasteiger partial charge in [-0.05, 0) is 73.0 Å². The molecule has 2 bridgehead atoms. The van der Waals surface area contributed by atoms with Crippen LogP contribution < -0.4 is 9.80 Å². The number of hydrogen-bond donors (Lipinski definition) is 0. The molecule has 16 heteroatoms. The lowest BCUT2D eigenvalue weighted by molar-refractivity contribution is -0.158. The molecule has 67 heavy (non-hydrogen) atoms. The van der Waals surface area contributed by atoms with Crippen LogP contribution in [0.15, 0.2) is 131 Å². The molecule has 6 aliphatic rings. The van der Waals surface area contributed by atoms with Gasteiger partial charge in [0.25, 0.3) is 0 Å². The Morgan fingerprint density at radius 2 is 1.18 bits per heavy atom. The highest BCUT2D eigenvalue weighted by molar-refractivity contribution is 6.32. The quantitative estimate of drug-likeness (QED) is 0.117. The number of methoxy groups -OCH3 is 2. The molecule has 5 heterocycles. The molecule has 1 aliphatic carbocycles. The van der Waals surface area contributed by atoms with Gasteiger partial charge in [0.1, 0.15) is 28.4 Å². The number of anilines is 2. The van der Waals surface area contributed by atoms with Crippen LogP contribution in [0.5, 0.6) is 0 Å². The number of ether oxygens (including phenoxy) is 4. The minimum atomic E-state index is -2.35. The van der Waals surface area contributed by atoms with E-state index in [9.17, 15) is 9.59 Å². The maximum Gasteiger partial charge on any atom is 0.355 e. The first-order chi connectivity index (χ1) is 32.2. The number of amides is 2. The fourth-order valence-corrected chi connectivity index (χ4v) is 11.3. The highest BCUT2D eigenvalue weighted by atomic mass is 35.5. The molecule has 0 N–H and O–H groups in total. The molecule has 0 saturated heterocycles. The number of rotatable bonds is 11. The van der Waals surface area contributed by atoms with Gasteiger partial charge in [-0.15, -0.1) is 0 Å². The van der Waals surface area contributed by atoms with Crippen LogP contribution in [0.4, 0.5) is 11.4 Å². The molecule has 0 radical (unpaired) electrons. The van der Waals surface area contributed by atoms with E-state index in [0.717, 1.165) is 25.3 Å². The van der Waals surface area contributed by atoms with Gasteiger partial charge in [-0.3, -0.25) is 19.2 Å². The smallest absolute Gasteiger partial charge is 0.355 e. The molecule has 344 valence electrons. The average molecular weight is 946 g/mol. The third-order valence-corrected chi connectivity index (χ3v) is 13.9. The molecule has 5 atom stereocenters. The topological polar surface area (TPSA) is 152 Å². The normalized spacial score (nSPS) is 23.3.